The summed E-state index contributed by atoms with van der Waals surface area (Å²) in [7, 11) is 0. The highest BCUT2D eigenvalue weighted by molar-refractivity contribution is 6.33. The van der Waals surface area contributed by atoms with E-state index in [-0.39, 0.29) is 12.2 Å². The van der Waals surface area contributed by atoms with Crippen LogP contribution in [0, 0.1) is 0 Å². The second-order valence-electron chi connectivity index (χ2n) is 7.16. The minimum atomic E-state index is -0.398. The topological polar surface area (TPSA) is 82.3 Å². The highest BCUT2D eigenvalue weighted by Crippen LogP contribution is 2.29. The molecule has 9 heteroatoms. The number of nitrogens with one attached hydrogen (secondary N) is 3. The molecular formula is C20H21Cl2N5O2. The van der Waals surface area contributed by atoms with E-state index in [0.29, 0.717) is 40.3 Å². The Morgan fingerprint density at radius 1 is 1.21 bits per heavy atom. The van der Waals surface area contributed by atoms with Gasteiger partial charge in [0.1, 0.15) is 5.82 Å². The molecule has 0 saturated carbocycles. The first-order chi connectivity index (χ1) is 13.9. The molecular weight excluding hydrogens is 413 g/mol. The van der Waals surface area contributed by atoms with Crippen molar-refractivity contribution in [1.29, 1.82) is 0 Å². The number of halogens is 2. The summed E-state index contributed by atoms with van der Waals surface area (Å²) in [5, 5.41) is 7.47. The molecule has 1 aromatic carbocycles. The Kier molecular flexibility index (Phi) is 5.54. The zero-order chi connectivity index (χ0) is 20.5. The van der Waals surface area contributed by atoms with Gasteiger partial charge in [-0.05, 0) is 38.1 Å². The largest absolute Gasteiger partial charge is 0.372 e. The third kappa shape index (κ3) is 4.42. The van der Waals surface area contributed by atoms with Crippen molar-refractivity contribution in [2.45, 2.75) is 26.1 Å². The number of hydrogen-bond donors (Lipinski definition) is 3. The normalized spacial score (nSPS) is 19.4. The lowest BCUT2D eigenvalue weighted by atomic mass is 10.2. The lowest BCUT2D eigenvalue weighted by Crippen LogP contribution is -2.46. The molecule has 0 bridgehead atoms. The molecule has 7 nitrogen and oxygen atoms in total. The van der Waals surface area contributed by atoms with E-state index in [4.69, 9.17) is 27.9 Å². The summed E-state index contributed by atoms with van der Waals surface area (Å²) in [6.07, 6.45) is 3.52. The predicted octanol–water partition coefficient (Wildman–Crippen LogP) is 5.13. The number of H-pyrrole nitrogens is 1. The van der Waals surface area contributed by atoms with Crippen LogP contribution in [0.25, 0.3) is 10.9 Å². The number of hydrogen-bond acceptors (Lipinski definition) is 4. The van der Waals surface area contributed by atoms with Gasteiger partial charge in [0.25, 0.3) is 0 Å². The number of urea groups is 1. The smallest absolute Gasteiger partial charge is 0.323 e. The van der Waals surface area contributed by atoms with Crippen molar-refractivity contribution in [3.05, 3.63) is 46.7 Å². The molecule has 0 unspecified atom stereocenters. The van der Waals surface area contributed by atoms with E-state index in [1.807, 2.05) is 19.9 Å². The van der Waals surface area contributed by atoms with Crippen molar-refractivity contribution >= 4 is 57.3 Å². The van der Waals surface area contributed by atoms with Crippen molar-refractivity contribution in [3.8, 4) is 0 Å². The summed E-state index contributed by atoms with van der Waals surface area (Å²) < 4.78 is 5.75. The summed E-state index contributed by atoms with van der Waals surface area (Å²) in [5.41, 5.74) is 2.02. The first-order valence-electron chi connectivity index (χ1n) is 9.29. The van der Waals surface area contributed by atoms with Gasteiger partial charge in [-0.2, -0.15) is 0 Å². The van der Waals surface area contributed by atoms with Gasteiger partial charge in [-0.3, -0.25) is 0 Å². The average Bonchev–Trinajstić information content (AvgIpc) is 3.03. The van der Waals surface area contributed by atoms with Gasteiger partial charge < -0.3 is 25.3 Å². The van der Waals surface area contributed by atoms with Gasteiger partial charge in [0.15, 0.2) is 0 Å². The van der Waals surface area contributed by atoms with Crippen LogP contribution in [0.15, 0.2) is 36.7 Å². The number of aromatic nitrogens is 2. The Bertz CT molecular complexity index is 1040. The molecule has 29 heavy (non-hydrogen) atoms. The van der Waals surface area contributed by atoms with E-state index in [9.17, 15) is 4.79 Å². The standard InChI is InChI=1S/C20H21Cl2N5O2/c1-11-9-27(10-12(2)29-11)19-16(22)6-14(7-24-19)25-20(28)26-18-8-23-17-4-3-13(21)5-15(17)18/h3-8,11-12,23H,9-10H2,1-2H3,(H2,25,26,28)/t11-,12+. The van der Waals surface area contributed by atoms with Crippen LogP contribution < -0.4 is 15.5 Å². The van der Waals surface area contributed by atoms with E-state index in [1.165, 1.54) is 0 Å². The summed E-state index contributed by atoms with van der Waals surface area (Å²) in [6.45, 7) is 5.48. The molecule has 0 spiro atoms. The fourth-order valence-electron chi connectivity index (χ4n) is 3.56. The Morgan fingerprint density at radius 3 is 2.69 bits per heavy atom. The second-order valence-corrected chi connectivity index (χ2v) is 8.01. The minimum absolute atomic E-state index is 0.102. The Morgan fingerprint density at radius 2 is 1.97 bits per heavy atom. The molecule has 0 radical (unpaired) electrons. The van der Waals surface area contributed by atoms with Crippen LogP contribution in [0.2, 0.25) is 10.0 Å². The molecule has 3 aromatic rings. The fraction of sp³-hybridized carbons (Fsp3) is 0.300. The van der Waals surface area contributed by atoms with Crippen LogP contribution in [0.1, 0.15) is 13.8 Å². The molecule has 3 heterocycles. The lowest BCUT2D eigenvalue weighted by molar-refractivity contribution is -0.00544. The number of benzene rings is 1. The van der Waals surface area contributed by atoms with Crippen LogP contribution in [0.3, 0.4) is 0 Å². The number of nitrogens with zero attached hydrogens (tertiary/aromatic N) is 2. The fourth-order valence-corrected chi connectivity index (χ4v) is 4.02. The van der Waals surface area contributed by atoms with E-state index < -0.39 is 6.03 Å². The molecule has 1 saturated heterocycles. The monoisotopic (exact) mass is 433 g/mol. The summed E-state index contributed by atoms with van der Waals surface area (Å²) in [5.74, 6) is 0.686. The number of carbonyl (C=O) groups excluding carboxylic acids is 1. The van der Waals surface area contributed by atoms with Gasteiger partial charge in [0.2, 0.25) is 0 Å². The van der Waals surface area contributed by atoms with Crippen LogP contribution in [0.4, 0.5) is 22.0 Å². The molecule has 1 aliphatic rings. The van der Waals surface area contributed by atoms with Crippen molar-refractivity contribution in [2.75, 3.05) is 28.6 Å². The summed E-state index contributed by atoms with van der Waals surface area (Å²) in [4.78, 5) is 22.1. The molecule has 4 rings (SSSR count). The van der Waals surface area contributed by atoms with Gasteiger partial charge in [0, 0.05) is 35.2 Å². The number of carbonyl (C=O) groups is 1. The number of rotatable bonds is 3. The van der Waals surface area contributed by atoms with Crippen molar-refractivity contribution in [3.63, 3.8) is 0 Å². The highest BCUT2D eigenvalue weighted by Gasteiger charge is 2.24. The molecule has 152 valence electrons. The maximum atomic E-state index is 12.4. The Balaban J connectivity index is 1.46. The predicted molar refractivity (Wildman–Crippen MR) is 117 cm³/mol. The second kappa shape index (κ2) is 8.10. The molecule has 1 fully saturated rings. The van der Waals surface area contributed by atoms with Crippen molar-refractivity contribution in [1.82, 2.24) is 9.97 Å². The maximum absolute atomic E-state index is 12.4. The SMILES string of the molecule is C[C@@H]1CN(c2ncc(NC(=O)Nc3c[nH]c4ccc(Cl)cc34)cc2Cl)C[C@H](C)O1. The first-order valence-corrected chi connectivity index (χ1v) is 10.0. The zero-order valence-corrected chi connectivity index (χ0v) is 17.5. The number of anilines is 3. The van der Waals surface area contributed by atoms with Crippen molar-refractivity contribution < 1.29 is 9.53 Å². The lowest BCUT2D eigenvalue weighted by Gasteiger charge is -2.36. The minimum Gasteiger partial charge on any atom is -0.372 e. The van der Waals surface area contributed by atoms with Gasteiger partial charge in [0.05, 0.1) is 34.8 Å². The number of ether oxygens (including phenoxy) is 1. The molecule has 2 atom stereocenters. The molecule has 1 aliphatic heterocycles. The molecule has 2 amide bonds. The zero-order valence-electron chi connectivity index (χ0n) is 16.0. The Hall–Kier alpha value is -2.48. The van der Waals surface area contributed by atoms with Crippen LogP contribution in [0.5, 0.6) is 0 Å². The van der Waals surface area contributed by atoms with Gasteiger partial charge in [-0.1, -0.05) is 23.2 Å². The summed E-state index contributed by atoms with van der Waals surface area (Å²) >= 11 is 12.5. The van der Waals surface area contributed by atoms with Gasteiger partial charge >= 0.3 is 6.03 Å². The number of aromatic amines is 1. The number of pyridine rings is 1. The van der Waals surface area contributed by atoms with E-state index >= 15 is 0 Å². The van der Waals surface area contributed by atoms with Crippen LogP contribution in [-0.2, 0) is 4.74 Å². The third-order valence-corrected chi connectivity index (χ3v) is 5.20. The quantitative estimate of drug-likeness (QED) is 0.534. The molecule has 0 aliphatic carbocycles. The van der Waals surface area contributed by atoms with E-state index in [0.717, 1.165) is 10.9 Å². The van der Waals surface area contributed by atoms with E-state index in [1.54, 1.807) is 30.6 Å². The van der Waals surface area contributed by atoms with E-state index in [2.05, 4.69) is 25.5 Å². The van der Waals surface area contributed by atoms with Crippen LogP contribution in [-0.4, -0.2) is 41.3 Å². The summed E-state index contributed by atoms with van der Waals surface area (Å²) in [6, 6.07) is 6.73. The van der Waals surface area contributed by atoms with Gasteiger partial charge in [-0.25, -0.2) is 9.78 Å². The third-order valence-electron chi connectivity index (χ3n) is 4.69. The number of amides is 2. The van der Waals surface area contributed by atoms with Crippen molar-refractivity contribution in [2.24, 2.45) is 0 Å². The first kappa shape index (κ1) is 19.8. The maximum Gasteiger partial charge on any atom is 0.323 e. The molecule has 3 N–H and O–H groups in total. The van der Waals surface area contributed by atoms with Crippen LogP contribution >= 0.6 is 23.2 Å². The average molecular weight is 434 g/mol. The highest BCUT2D eigenvalue weighted by atomic mass is 35.5. The number of fused-ring (bicyclic) bond motifs is 1. The Labute approximate surface area is 178 Å². The molecule has 2 aromatic heterocycles. The number of morpholine rings is 1. The van der Waals surface area contributed by atoms with Gasteiger partial charge in [-0.15, -0.1) is 0 Å².